The van der Waals surface area contributed by atoms with Crippen LogP contribution < -0.4 is 0 Å². The summed E-state index contributed by atoms with van der Waals surface area (Å²) in [6, 6.07) is 0. The van der Waals surface area contributed by atoms with Crippen LogP contribution in [0.3, 0.4) is 0 Å². The molecule has 98 valence electrons. The summed E-state index contributed by atoms with van der Waals surface area (Å²) in [5.74, 6) is 0. The minimum absolute atomic E-state index is 1.09. The smallest absolute Gasteiger partial charge is 0.0132 e. The Bertz CT molecular complexity index is 423. The maximum Gasteiger partial charge on any atom is 0.0132 e. The molecule has 0 aromatic carbocycles. The van der Waals surface area contributed by atoms with Crippen molar-refractivity contribution in [3.63, 3.8) is 0 Å². The van der Waals surface area contributed by atoms with Gasteiger partial charge in [-0.25, -0.2) is 0 Å². The summed E-state index contributed by atoms with van der Waals surface area (Å²) in [5, 5.41) is 0. The fraction of sp³-hybridized carbons (Fsp3) is 0.294. The lowest BCUT2D eigenvalue weighted by Crippen LogP contribution is -1.87. The second-order valence-electron chi connectivity index (χ2n) is 4.07. The van der Waals surface area contributed by atoms with Gasteiger partial charge in [0.05, 0.1) is 0 Å². The van der Waals surface area contributed by atoms with Gasteiger partial charge < -0.3 is 0 Å². The number of rotatable bonds is 5. The van der Waals surface area contributed by atoms with Crippen molar-refractivity contribution in [2.45, 2.75) is 34.6 Å². The normalized spacial score (nSPS) is 14.1. The maximum atomic E-state index is 3.50. The van der Waals surface area contributed by atoms with Crippen LogP contribution in [0.15, 0.2) is 69.8 Å². The SMILES string of the molecule is CC=C/C=C(\C=C/C)C(/C=C\C(Br)=C/C)=C(C)C. The van der Waals surface area contributed by atoms with Crippen molar-refractivity contribution in [2.24, 2.45) is 0 Å². The van der Waals surface area contributed by atoms with Crippen LogP contribution in [0.25, 0.3) is 0 Å². The minimum atomic E-state index is 1.09. The molecular weight excluding hydrogens is 284 g/mol. The van der Waals surface area contributed by atoms with E-state index in [1.165, 1.54) is 16.7 Å². The third-order valence-electron chi connectivity index (χ3n) is 2.35. The van der Waals surface area contributed by atoms with Gasteiger partial charge in [-0.05, 0) is 51.8 Å². The van der Waals surface area contributed by atoms with Gasteiger partial charge in [-0.1, -0.05) is 64.0 Å². The lowest BCUT2D eigenvalue weighted by Gasteiger charge is -2.06. The van der Waals surface area contributed by atoms with Crippen LogP contribution in [0.1, 0.15) is 34.6 Å². The topological polar surface area (TPSA) is 0 Å². The predicted octanol–water partition coefficient (Wildman–Crippen LogP) is 6.26. The molecule has 0 aromatic heterocycles. The number of allylic oxidation sites excluding steroid dienone is 12. The van der Waals surface area contributed by atoms with Crippen LogP contribution in [0.5, 0.6) is 0 Å². The highest BCUT2D eigenvalue weighted by atomic mass is 79.9. The Morgan fingerprint density at radius 3 is 2.00 bits per heavy atom. The van der Waals surface area contributed by atoms with Gasteiger partial charge in [0.2, 0.25) is 0 Å². The van der Waals surface area contributed by atoms with Crippen molar-refractivity contribution < 1.29 is 0 Å². The van der Waals surface area contributed by atoms with E-state index in [2.05, 4.69) is 66.2 Å². The minimum Gasteiger partial charge on any atom is -0.0876 e. The zero-order valence-corrected chi connectivity index (χ0v) is 13.6. The highest BCUT2D eigenvalue weighted by Crippen LogP contribution is 2.20. The van der Waals surface area contributed by atoms with E-state index in [1.54, 1.807) is 0 Å². The monoisotopic (exact) mass is 306 g/mol. The van der Waals surface area contributed by atoms with Gasteiger partial charge in [0.25, 0.3) is 0 Å². The molecule has 0 fully saturated rings. The summed E-state index contributed by atoms with van der Waals surface area (Å²) in [6.07, 6.45) is 16.7. The van der Waals surface area contributed by atoms with Gasteiger partial charge in [0.15, 0.2) is 0 Å². The second kappa shape index (κ2) is 9.90. The third kappa shape index (κ3) is 6.61. The summed E-state index contributed by atoms with van der Waals surface area (Å²) in [4.78, 5) is 0. The van der Waals surface area contributed by atoms with Crippen molar-refractivity contribution in [3.05, 3.63) is 69.8 Å². The lowest BCUT2D eigenvalue weighted by atomic mass is 9.99. The summed E-state index contributed by atoms with van der Waals surface area (Å²) in [5.41, 5.74) is 3.78. The fourth-order valence-electron chi connectivity index (χ4n) is 1.43. The van der Waals surface area contributed by atoms with E-state index in [9.17, 15) is 0 Å². The molecule has 0 amide bonds. The number of halogens is 1. The Morgan fingerprint density at radius 2 is 1.56 bits per heavy atom. The van der Waals surface area contributed by atoms with Gasteiger partial charge in [-0.15, -0.1) is 0 Å². The van der Waals surface area contributed by atoms with Crippen LogP contribution >= 0.6 is 15.9 Å². The van der Waals surface area contributed by atoms with Crippen molar-refractivity contribution in [1.82, 2.24) is 0 Å². The van der Waals surface area contributed by atoms with E-state index < -0.39 is 0 Å². The quantitative estimate of drug-likeness (QED) is 0.526. The standard InChI is InChI=1S/C17H23Br/c1-6-9-11-15(10-7-2)17(14(4)5)13-12-16(18)8-3/h6-13H,1-5H3/b9-6?,10-7-,13-12-,15-11+,16-8+. The van der Waals surface area contributed by atoms with Gasteiger partial charge >= 0.3 is 0 Å². The largest absolute Gasteiger partial charge is 0.0876 e. The van der Waals surface area contributed by atoms with Crippen molar-refractivity contribution in [2.75, 3.05) is 0 Å². The molecule has 0 aliphatic heterocycles. The molecular formula is C17H23Br. The van der Waals surface area contributed by atoms with Crippen LogP contribution in [-0.4, -0.2) is 0 Å². The van der Waals surface area contributed by atoms with Crippen LogP contribution in [0.2, 0.25) is 0 Å². The fourth-order valence-corrected chi connectivity index (χ4v) is 1.56. The Labute approximate surface area is 120 Å². The molecule has 0 heterocycles. The maximum absolute atomic E-state index is 3.50. The van der Waals surface area contributed by atoms with Crippen LogP contribution in [0.4, 0.5) is 0 Å². The summed E-state index contributed by atoms with van der Waals surface area (Å²) in [6.45, 7) is 10.3. The van der Waals surface area contributed by atoms with E-state index >= 15 is 0 Å². The van der Waals surface area contributed by atoms with Crippen molar-refractivity contribution >= 4 is 15.9 Å². The first-order chi connectivity index (χ1) is 8.56. The molecule has 0 aliphatic rings. The Morgan fingerprint density at radius 1 is 0.889 bits per heavy atom. The summed E-state index contributed by atoms with van der Waals surface area (Å²) < 4.78 is 1.09. The zero-order chi connectivity index (χ0) is 14.0. The molecule has 0 saturated heterocycles. The van der Waals surface area contributed by atoms with Crippen molar-refractivity contribution in [3.8, 4) is 0 Å². The highest BCUT2D eigenvalue weighted by molar-refractivity contribution is 9.11. The van der Waals surface area contributed by atoms with E-state index in [4.69, 9.17) is 0 Å². The van der Waals surface area contributed by atoms with Gasteiger partial charge in [0, 0.05) is 4.48 Å². The number of hydrogen-bond donors (Lipinski definition) is 0. The molecule has 0 saturated carbocycles. The van der Waals surface area contributed by atoms with E-state index in [-0.39, 0.29) is 0 Å². The van der Waals surface area contributed by atoms with Crippen LogP contribution in [-0.2, 0) is 0 Å². The first kappa shape index (κ1) is 16.9. The molecule has 0 aliphatic carbocycles. The molecule has 0 atom stereocenters. The highest BCUT2D eigenvalue weighted by Gasteiger charge is 2.00. The molecule has 0 radical (unpaired) electrons. The summed E-state index contributed by atoms with van der Waals surface area (Å²) in [7, 11) is 0. The Balaban J connectivity index is 5.47. The molecule has 0 N–H and O–H groups in total. The zero-order valence-electron chi connectivity index (χ0n) is 12.0. The summed E-state index contributed by atoms with van der Waals surface area (Å²) >= 11 is 3.50. The molecule has 0 aromatic rings. The van der Waals surface area contributed by atoms with Gasteiger partial charge in [-0.2, -0.15) is 0 Å². The molecule has 0 rings (SSSR count). The second-order valence-corrected chi connectivity index (χ2v) is 4.98. The molecule has 0 nitrogen and oxygen atoms in total. The van der Waals surface area contributed by atoms with E-state index in [1.807, 2.05) is 32.9 Å². The van der Waals surface area contributed by atoms with Crippen molar-refractivity contribution in [1.29, 1.82) is 0 Å². The van der Waals surface area contributed by atoms with E-state index in [0.29, 0.717) is 0 Å². The van der Waals surface area contributed by atoms with Crippen LogP contribution in [0, 0.1) is 0 Å². The molecule has 1 heteroatoms. The molecule has 0 bridgehead atoms. The third-order valence-corrected chi connectivity index (χ3v) is 3.07. The average Bonchev–Trinajstić information content (AvgIpc) is 2.35. The Hall–Kier alpha value is -1.08. The average molecular weight is 307 g/mol. The number of hydrogen-bond acceptors (Lipinski definition) is 0. The first-order valence-corrected chi connectivity index (χ1v) is 6.99. The van der Waals surface area contributed by atoms with Gasteiger partial charge in [-0.3, -0.25) is 0 Å². The van der Waals surface area contributed by atoms with Gasteiger partial charge in [0.1, 0.15) is 0 Å². The molecule has 0 unspecified atom stereocenters. The predicted molar refractivity (Wildman–Crippen MR) is 87.9 cm³/mol. The lowest BCUT2D eigenvalue weighted by molar-refractivity contribution is 1.31. The molecule has 18 heavy (non-hydrogen) atoms. The Kier molecular flexibility index (Phi) is 9.31. The van der Waals surface area contributed by atoms with E-state index in [0.717, 1.165) is 4.48 Å². The first-order valence-electron chi connectivity index (χ1n) is 6.20. The molecule has 0 spiro atoms.